The van der Waals surface area contributed by atoms with E-state index in [0.29, 0.717) is 35.3 Å². The predicted octanol–water partition coefficient (Wildman–Crippen LogP) is 1.69. The zero-order valence-electron chi connectivity index (χ0n) is 18.4. The molecule has 33 heavy (non-hydrogen) atoms. The Hall–Kier alpha value is -3.15. The number of aromatic nitrogens is 2. The summed E-state index contributed by atoms with van der Waals surface area (Å²) in [5, 5.41) is 17.9. The number of rotatable bonds is 6. The van der Waals surface area contributed by atoms with Crippen molar-refractivity contribution in [1.29, 1.82) is 0 Å². The maximum absolute atomic E-state index is 15.1. The lowest BCUT2D eigenvalue weighted by Gasteiger charge is -2.19. The molecule has 2 aliphatic rings. The van der Waals surface area contributed by atoms with Crippen LogP contribution in [0.5, 0.6) is 5.75 Å². The van der Waals surface area contributed by atoms with Gasteiger partial charge in [-0.25, -0.2) is 13.4 Å². The summed E-state index contributed by atoms with van der Waals surface area (Å²) >= 11 is 0. The maximum Gasteiger partial charge on any atom is 0.326 e. The standard InChI is InChI=1S/C21H26FN5O5S/c1-12(2)6-7-23-21(30)19-18(15-5-3-4-8-26(15)24-19)13-9-14(22)20(16(28)10-13)27-11-17(29)25-33(27,31)32/h9-10,12,28H,3-8,11H2,1-2H3,(H,23,30)(H,25,29). The van der Waals surface area contributed by atoms with Crippen LogP contribution in [0.2, 0.25) is 0 Å². The van der Waals surface area contributed by atoms with Crippen LogP contribution in [0.3, 0.4) is 0 Å². The Morgan fingerprint density at radius 1 is 1.33 bits per heavy atom. The fraction of sp³-hybridized carbons (Fsp3) is 0.476. The van der Waals surface area contributed by atoms with E-state index < -0.39 is 45.8 Å². The Labute approximate surface area is 191 Å². The van der Waals surface area contributed by atoms with Crippen LogP contribution >= 0.6 is 0 Å². The van der Waals surface area contributed by atoms with Crippen molar-refractivity contribution < 1.29 is 27.5 Å². The van der Waals surface area contributed by atoms with Crippen LogP contribution in [0.4, 0.5) is 10.1 Å². The van der Waals surface area contributed by atoms with Crippen LogP contribution in [0.1, 0.15) is 49.3 Å². The number of phenolic OH excluding ortho intramolecular Hbond substituents is 1. The molecule has 0 aliphatic carbocycles. The van der Waals surface area contributed by atoms with Gasteiger partial charge < -0.3 is 10.4 Å². The summed E-state index contributed by atoms with van der Waals surface area (Å²) in [6.45, 7) is 4.53. The molecule has 2 aromatic rings. The van der Waals surface area contributed by atoms with Crippen molar-refractivity contribution in [3.63, 3.8) is 0 Å². The summed E-state index contributed by atoms with van der Waals surface area (Å²) in [6.07, 6.45) is 3.19. The predicted molar refractivity (Wildman–Crippen MR) is 118 cm³/mol. The fourth-order valence-electron chi connectivity index (χ4n) is 4.13. The quantitative estimate of drug-likeness (QED) is 0.577. The highest BCUT2D eigenvalue weighted by atomic mass is 32.2. The highest BCUT2D eigenvalue weighted by molar-refractivity contribution is 7.92. The molecule has 4 rings (SSSR count). The van der Waals surface area contributed by atoms with Crippen molar-refractivity contribution in [2.75, 3.05) is 17.4 Å². The number of aromatic hydroxyl groups is 1. The van der Waals surface area contributed by atoms with E-state index in [0.717, 1.165) is 31.0 Å². The van der Waals surface area contributed by atoms with Gasteiger partial charge in [-0.2, -0.15) is 13.5 Å². The van der Waals surface area contributed by atoms with Gasteiger partial charge in [-0.15, -0.1) is 0 Å². The Bertz CT molecular complexity index is 1200. The average molecular weight is 480 g/mol. The summed E-state index contributed by atoms with van der Waals surface area (Å²) in [5.41, 5.74) is 0.888. The molecule has 3 heterocycles. The van der Waals surface area contributed by atoms with Crippen LogP contribution < -0.4 is 14.3 Å². The van der Waals surface area contributed by atoms with Gasteiger partial charge in [0.1, 0.15) is 18.0 Å². The number of fused-ring (bicyclic) bond motifs is 1. The number of hydrogen-bond donors (Lipinski definition) is 3. The van der Waals surface area contributed by atoms with E-state index in [-0.39, 0.29) is 11.3 Å². The van der Waals surface area contributed by atoms with E-state index in [1.165, 1.54) is 6.07 Å². The SMILES string of the molecule is CC(C)CCNC(=O)c1nn2c(c1-c1cc(O)c(N3CC(=O)NS3(=O)=O)c(F)c1)CCCC2. The highest BCUT2D eigenvalue weighted by Gasteiger charge is 2.38. The van der Waals surface area contributed by atoms with Crippen molar-refractivity contribution in [1.82, 2.24) is 19.8 Å². The minimum absolute atomic E-state index is 0.132. The van der Waals surface area contributed by atoms with Crippen LogP contribution in [0.15, 0.2) is 12.1 Å². The summed E-state index contributed by atoms with van der Waals surface area (Å²) < 4.78 is 43.4. The zero-order valence-corrected chi connectivity index (χ0v) is 19.2. The molecule has 178 valence electrons. The minimum Gasteiger partial charge on any atom is -0.506 e. The van der Waals surface area contributed by atoms with Crippen molar-refractivity contribution >= 4 is 27.7 Å². The first-order valence-corrected chi connectivity index (χ1v) is 12.3. The number of nitrogens with one attached hydrogen (secondary N) is 2. The molecule has 0 unspecified atom stereocenters. The summed E-state index contributed by atoms with van der Waals surface area (Å²) in [7, 11) is -4.30. The molecule has 0 saturated carbocycles. The molecule has 0 radical (unpaired) electrons. The third-order valence-corrected chi connectivity index (χ3v) is 7.09. The van der Waals surface area contributed by atoms with E-state index in [4.69, 9.17) is 0 Å². The molecule has 1 saturated heterocycles. The van der Waals surface area contributed by atoms with Gasteiger partial charge in [0.05, 0.1) is 0 Å². The molecular formula is C21H26FN5O5S. The zero-order chi connectivity index (χ0) is 23.9. The molecule has 0 atom stereocenters. The molecule has 12 heteroatoms. The van der Waals surface area contributed by atoms with E-state index in [1.54, 1.807) is 9.40 Å². The number of anilines is 1. The largest absolute Gasteiger partial charge is 0.506 e. The van der Waals surface area contributed by atoms with E-state index in [9.17, 15) is 23.1 Å². The normalized spacial score (nSPS) is 17.2. The third kappa shape index (κ3) is 4.39. The second-order valence-corrected chi connectivity index (χ2v) is 10.2. The van der Waals surface area contributed by atoms with Crippen molar-refractivity contribution in [2.45, 2.75) is 46.1 Å². The number of halogens is 1. The van der Waals surface area contributed by atoms with Gasteiger partial charge >= 0.3 is 10.2 Å². The van der Waals surface area contributed by atoms with Gasteiger partial charge in [0.15, 0.2) is 11.5 Å². The Morgan fingerprint density at radius 3 is 2.73 bits per heavy atom. The molecule has 2 amide bonds. The first-order valence-electron chi connectivity index (χ1n) is 10.8. The van der Waals surface area contributed by atoms with E-state index in [2.05, 4.69) is 10.4 Å². The summed E-state index contributed by atoms with van der Waals surface area (Å²) in [5.74, 6) is -2.52. The Balaban J connectivity index is 1.77. The third-order valence-electron chi connectivity index (χ3n) is 5.72. The number of aryl methyl sites for hydroxylation is 1. The highest BCUT2D eigenvalue weighted by Crippen LogP contribution is 2.40. The molecule has 0 bridgehead atoms. The van der Waals surface area contributed by atoms with Gasteiger partial charge in [0, 0.05) is 24.3 Å². The van der Waals surface area contributed by atoms with Crippen molar-refractivity contribution in [2.24, 2.45) is 5.92 Å². The second kappa shape index (κ2) is 8.65. The van der Waals surface area contributed by atoms with E-state index in [1.807, 2.05) is 13.8 Å². The first-order chi connectivity index (χ1) is 15.6. The van der Waals surface area contributed by atoms with Crippen LogP contribution in [0.25, 0.3) is 11.1 Å². The summed E-state index contributed by atoms with van der Waals surface area (Å²) in [6, 6.07) is 2.26. The molecule has 1 aromatic heterocycles. The topological polar surface area (TPSA) is 134 Å². The molecule has 1 fully saturated rings. The Morgan fingerprint density at radius 2 is 2.09 bits per heavy atom. The monoisotopic (exact) mass is 479 g/mol. The van der Waals surface area contributed by atoms with E-state index >= 15 is 4.39 Å². The lowest BCUT2D eigenvalue weighted by molar-refractivity contribution is -0.117. The number of benzene rings is 1. The average Bonchev–Trinajstić information content (AvgIpc) is 3.23. The number of carbonyl (C=O) groups is 2. The number of hydrogen-bond acceptors (Lipinski definition) is 6. The number of phenols is 1. The Kier molecular flexibility index (Phi) is 6.04. The van der Waals surface area contributed by atoms with Gasteiger partial charge in [0.25, 0.3) is 11.8 Å². The van der Waals surface area contributed by atoms with Crippen LogP contribution in [-0.2, 0) is 28.0 Å². The fourth-order valence-corrected chi connectivity index (χ4v) is 5.30. The van der Waals surface area contributed by atoms with Gasteiger partial charge in [-0.1, -0.05) is 13.8 Å². The maximum atomic E-state index is 15.1. The summed E-state index contributed by atoms with van der Waals surface area (Å²) in [4.78, 5) is 24.5. The smallest absolute Gasteiger partial charge is 0.326 e. The first kappa shape index (κ1) is 23.0. The molecule has 3 N–H and O–H groups in total. The lowest BCUT2D eigenvalue weighted by atomic mass is 9.97. The van der Waals surface area contributed by atoms with Gasteiger partial charge in [-0.3, -0.25) is 14.3 Å². The van der Waals surface area contributed by atoms with Crippen molar-refractivity contribution in [3.05, 3.63) is 29.3 Å². The van der Waals surface area contributed by atoms with Crippen LogP contribution in [0, 0.1) is 11.7 Å². The molecule has 2 aliphatic heterocycles. The number of nitrogens with zero attached hydrogens (tertiary/aromatic N) is 3. The minimum atomic E-state index is -4.30. The van der Waals surface area contributed by atoms with Crippen LogP contribution in [-0.4, -0.2) is 48.2 Å². The van der Waals surface area contributed by atoms with Gasteiger partial charge in [-0.05, 0) is 49.3 Å². The van der Waals surface area contributed by atoms with Crippen molar-refractivity contribution in [3.8, 4) is 16.9 Å². The molecular weight excluding hydrogens is 453 g/mol. The number of carbonyl (C=O) groups excluding carboxylic acids is 2. The van der Waals surface area contributed by atoms with Gasteiger partial charge in [0.2, 0.25) is 0 Å². The number of amides is 2. The second-order valence-electron chi connectivity index (χ2n) is 8.65. The molecule has 0 spiro atoms. The lowest BCUT2D eigenvalue weighted by Crippen LogP contribution is -2.30. The molecule has 1 aromatic carbocycles. The molecule has 10 nitrogen and oxygen atoms in total.